The smallest absolute Gasteiger partial charge is 0.261 e. The van der Waals surface area contributed by atoms with Crippen LogP contribution in [0.25, 0.3) is 0 Å². The molecule has 2 amide bonds. The SMILES string of the molecule is CCCNC(=O)[C@H](C)N(Cc1ccc(OC)cc1)C(=O)COc1ccccc1. The minimum Gasteiger partial charge on any atom is -0.497 e. The zero-order valence-corrected chi connectivity index (χ0v) is 16.7. The summed E-state index contributed by atoms with van der Waals surface area (Å²) in [5, 5.41) is 2.85. The number of rotatable bonds is 10. The molecule has 28 heavy (non-hydrogen) atoms. The normalized spacial score (nSPS) is 11.4. The highest BCUT2D eigenvalue weighted by atomic mass is 16.5. The van der Waals surface area contributed by atoms with Crippen molar-refractivity contribution in [3.63, 3.8) is 0 Å². The van der Waals surface area contributed by atoms with Crippen molar-refractivity contribution in [2.75, 3.05) is 20.3 Å². The van der Waals surface area contributed by atoms with Crippen LogP contribution >= 0.6 is 0 Å². The number of hydrogen-bond donors (Lipinski definition) is 1. The second-order valence-corrected chi connectivity index (χ2v) is 6.44. The molecule has 0 aromatic heterocycles. The van der Waals surface area contributed by atoms with Gasteiger partial charge in [-0.2, -0.15) is 0 Å². The highest BCUT2D eigenvalue weighted by molar-refractivity contribution is 5.87. The van der Waals surface area contributed by atoms with E-state index in [9.17, 15) is 9.59 Å². The Kier molecular flexibility index (Phi) is 8.34. The molecular weight excluding hydrogens is 356 g/mol. The van der Waals surface area contributed by atoms with Gasteiger partial charge in [-0.25, -0.2) is 0 Å². The average molecular weight is 384 g/mol. The van der Waals surface area contributed by atoms with Crippen LogP contribution in [-0.2, 0) is 16.1 Å². The number of carbonyl (C=O) groups is 2. The van der Waals surface area contributed by atoms with E-state index >= 15 is 0 Å². The molecule has 0 aliphatic rings. The van der Waals surface area contributed by atoms with Gasteiger partial charge in [0.15, 0.2) is 6.61 Å². The average Bonchev–Trinajstić information content (AvgIpc) is 2.74. The van der Waals surface area contributed by atoms with E-state index in [4.69, 9.17) is 9.47 Å². The molecule has 0 aliphatic heterocycles. The van der Waals surface area contributed by atoms with E-state index < -0.39 is 6.04 Å². The predicted octanol–water partition coefficient (Wildman–Crippen LogP) is 3.02. The fourth-order valence-corrected chi connectivity index (χ4v) is 2.65. The Morgan fingerprint density at radius 3 is 2.32 bits per heavy atom. The Balaban J connectivity index is 2.11. The maximum atomic E-state index is 12.9. The topological polar surface area (TPSA) is 67.9 Å². The van der Waals surface area contributed by atoms with E-state index in [0.29, 0.717) is 18.8 Å². The number of nitrogens with zero attached hydrogens (tertiary/aromatic N) is 1. The molecule has 0 saturated heterocycles. The molecule has 2 aromatic carbocycles. The summed E-state index contributed by atoms with van der Waals surface area (Å²) < 4.78 is 10.8. The van der Waals surface area contributed by atoms with E-state index in [-0.39, 0.29) is 18.4 Å². The van der Waals surface area contributed by atoms with Crippen molar-refractivity contribution < 1.29 is 19.1 Å². The molecule has 2 aromatic rings. The van der Waals surface area contributed by atoms with Crippen LogP contribution in [0, 0.1) is 0 Å². The highest BCUT2D eigenvalue weighted by Gasteiger charge is 2.26. The van der Waals surface area contributed by atoms with Crippen LogP contribution in [0.1, 0.15) is 25.8 Å². The van der Waals surface area contributed by atoms with Crippen molar-refractivity contribution >= 4 is 11.8 Å². The second kappa shape index (κ2) is 11.0. The van der Waals surface area contributed by atoms with Crippen LogP contribution in [-0.4, -0.2) is 43.0 Å². The third kappa shape index (κ3) is 6.30. The molecule has 0 heterocycles. The molecule has 0 unspecified atom stereocenters. The van der Waals surface area contributed by atoms with Crippen LogP contribution in [0.3, 0.4) is 0 Å². The van der Waals surface area contributed by atoms with Crippen LogP contribution in [0.4, 0.5) is 0 Å². The van der Waals surface area contributed by atoms with Gasteiger partial charge in [0.2, 0.25) is 5.91 Å². The van der Waals surface area contributed by atoms with Crippen LogP contribution in [0.5, 0.6) is 11.5 Å². The maximum Gasteiger partial charge on any atom is 0.261 e. The molecule has 0 fully saturated rings. The molecular formula is C22H28N2O4. The highest BCUT2D eigenvalue weighted by Crippen LogP contribution is 2.16. The van der Waals surface area contributed by atoms with Crippen LogP contribution in [0.15, 0.2) is 54.6 Å². The van der Waals surface area contributed by atoms with Gasteiger partial charge < -0.3 is 19.7 Å². The van der Waals surface area contributed by atoms with E-state index in [0.717, 1.165) is 17.7 Å². The van der Waals surface area contributed by atoms with Crippen molar-refractivity contribution in [2.45, 2.75) is 32.9 Å². The van der Waals surface area contributed by atoms with Gasteiger partial charge in [-0.3, -0.25) is 9.59 Å². The lowest BCUT2D eigenvalue weighted by Gasteiger charge is -2.28. The van der Waals surface area contributed by atoms with Crippen LogP contribution in [0.2, 0.25) is 0 Å². The van der Waals surface area contributed by atoms with Gasteiger partial charge in [-0.05, 0) is 43.2 Å². The standard InChI is InChI=1S/C22H28N2O4/c1-4-14-23-22(26)17(2)24(15-18-10-12-19(27-3)13-11-18)21(25)16-28-20-8-6-5-7-9-20/h5-13,17H,4,14-16H2,1-3H3,(H,23,26)/t17-/m0/s1. The summed E-state index contributed by atoms with van der Waals surface area (Å²) in [5.41, 5.74) is 0.906. The quantitative estimate of drug-likeness (QED) is 0.684. The number of methoxy groups -OCH3 is 1. The third-order valence-corrected chi connectivity index (χ3v) is 4.33. The molecule has 6 nitrogen and oxygen atoms in total. The molecule has 1 atom stereocenters. The Morgan fingerprint density at radius 2 is 1.71 bits per heavy atom. The molecule has 0 spiro atoms. The third-order valence-electron chi connectivity index (χ3n) is 4.33. The van der Waals surface area contributed by atoms with Gasteiger partial charge in [0, 0.05) is 13.1 Å². The first-order valence-electron chi connectivity index (χ1n) is 9.43. The second-order valence-electron chi connectivity index (χ2n) is 6.44. The summed E-state index contributed by atoms with van der Waals surface area (Å²) in [6.45, 7) is 4.47. The molecule has 6 heteroatoms. The van der Waals surface area contributed by atoms with Crippen molar-refractivity contribution in [3.8, 4) is 11.5 Å². The van der Waals surface area contributed by atoms with Gasteiger partial charge >= 0.3 is 0 Å². The summed E-state index contributed by atoms with van der Waals surface area (Å²) in [5.74, 6) is 0.924. The van der Waals surface area contributed by atoms with Crippen molar-refractivity contribution in [1.82, 2.24) is 10.2 Å². The van der Waals surface area contributed by atoms with E-state index in [1.807, 2.05) is 49.4 Å². The van der Waals surface area contributed by atoms with Gasteiger partial charge in [0.1, 0.15) is 17.5 Å². The van der Waals surface area contributed by atoms with Crippen molar-refractivity contribution in [2.24, 2.45) is 0 Å². The zero-order chi connectivity index (χ0) is 20.4. The first-order valence-corrected chi connectivity index (χ1v) is 9.43. The number of hydrogen-bond acceptors (Lipinski definition) is 4. The summed E-state index contributed by atoms with van der Waals surface area (Å²) in [6, 6.07) is 16.0. The maximum absolute atomic E-state index is 12.9. The lowest BCUT2D eigenvalue weighted by Crippen LogP contribution is -2.49. The molecule has 0 aliphatic carbocycles. The number of nitrogens with one attached hydrogen (secondary N) is 1. The lowest BCUT2D eigenvalue weighted by atomic mass is 10.1. The number of benzene rings is 2. The summed E-state index contributed by atoms with van der Waals surface area (Å²) >= 11 is 0. The molecule has 0 radical (unpaired) electrons. The van der Waals surface area contributed by atoms with E-state index in [1.165, 1.54) is 4.90 Å². The summed E-state index contributed by atoms with van der Waals surface area (Å²) in [7, 11) is 1.60. The van der Waals surface area contributed by atoms with Gasteiger partial charge in [0.05, 0.1) is 7.11 Å². The minimum absolute atomic E-state index is 0.133. The van der Waals surface area contributed by atoms with Gasteiger partial charge in [-0.1, -0.05) is 37.3 Å². The first kappa shape index (κ1) is 21.3. The monoisotopic (exact) mass is 384 g/mol. The zero-order valence-electron chi connectivity index (χ0n) is 16.7. The Morgan fingerprint density at radius 1 is 1.04 bits per heavy atom. The lowest BCUT2D eigenvalue weighted by molar-refractivity contribution is -0.142. The molecule has 0 saturated carbocycles. The Hall–Kier alpha value is -3.02. The number of ether oxygens (including phenoxy) is 2. The fourth-order valence-electron chi connectivity index (χ4n) is 2.65. The van der Waals surface area contributed by atoms with E-state index in [1.54, 1.807) is 26.2 Å². The fraction of sp³-hybridized carbons (Fsp3) is 0.364. The molecule has 0 bridgehead atoms. The Labute approximate surface area is 166 Å². The number of amides is 2. The first-order chi connectivity index (χ1) is 13.5. The molecule has 2 rings (SSSR count). The predicted molar refractivity (Wildman–Crippen MR) is 108 cm³/mol. The van der Waals surface area contributed by atoms with Gasteiger partial charge in [-0.15, -0.1) is 0 Å². The minimum atomic E-state index is -0.611. The summed E-state index contributed by atoms with van der Waals surface area (Å²) in [6.07, 6.45) is 0.835. The van der Waals surface area contributed by atoms with Crippen molar-refractivity contribution in [1.29, 1.82) is 0 Å². The summed E-state index contributed by atoms with van der Waals surface area (Å²) in [4.78, 5) is 26.8. The van der Waals surface area contributed by atoms with Crippen LogP contribution < -0.4 is 14.8 Å². The van der Waals surface area contributed by atoms with Gasteiger partial charge in [0.25, 0.3) is 5.91 Å². The Bertz CT molecular complexity index is 747. The van der Waals surface area contributed by atoms with E-state index in [2.05, 4.69) is 5.32 Å². The largest absolute Gasteiger partial charge is 0.497 e. The number of carbonyl (C=O) groups excluding carboxylic acids is 2. The number of para-hydroxylation sites is 1. The van der Waals surface area contributed by atoms with Crippen molar-refractivity contribution in [3.05, 3.63) is 60.2 Å². The molecule has 1 N–H and O–H groups in total. The molecule has 150 valence electrons.